The van der Waals surface area contributed by atoms with E-state index in [2.05, 4.69) is 0 Å². The van der Waals surface area contributed by atoms with Crippen molar-refractivity contribution in [2.45, 2.75) is 37.9 Å². The molecule has 9 heteroatoms. The Morgan fingerprint density at radius 3 is 2.61 bits per heavy atom. The monoisotopic (exact) mass is 455 g/mol. The number of hydrogen-bond donors (Lipinski definition) is 1. The molecule has 33 heavy (non-hydrogen) atoms. The number of carbonyl (C=O) groups is 1. The van der Waals surface area contributed by atoms with E-state index in [1.807, 2.05) is 0 Å². The van der Waals surface area contributed by atoms with Crippen LogP contribution in [-0.4, -0.2) is 29.4 Å². The van der Waals surface area contributed by atoms with Gasteiger partial charge in [0.25, 0.3) is 0 Å². The fraction of sp³-hybridized carbons (Fsp3) is 0.375. The number of halogens is 3. The number of nitrogens with zero attached hydrogens (tertiary/aromatic N) is 3. The number of hydrazone groups is 1. The molecule has 0 radical (unpaired) electrons. The highest BCUT2D eigenvalue weighted by atomic mass is 19.4. The first-order valence-electron chi connectivity index (χ1n) is 10.8. The number of carboxylic acids is 1. The molecule has 1 fully saturated rings. The van der Waals surface area contributed by atoms with Crippen molar-refractivity contribution in [3.63, 3.8) is 0 Å². The molecule has 0 saturated heterocycles. The second-order valence-corrected chi connectivity index (χ2v) is 8.64. The first-order chi connectivity index (χ1) is 15.8. The highest BCUT2D eigenvalue weighted by Gasteiger charge is 2.47. The summed E-state index contributed by atoms with van der Waals surface area (Å²) in [5.74, 6) is -0.571. The number of alkyl halides is 3. The Bertz CT molecular complexity index is 1200. The summed E-state index contributed by atoms with van der Waals surface area (Å²) in [6, 6.07) is 9.72. The van der Waals surface area contributed by atoms with Crippen LogP contribution in [0.15, 0.2) is 41.5 Å². The van der Waals surface area contributed by atoms with Crippen molar-refractivity contribution < 1.29 is 27.8 Å². The van der Waals surface area contributed by atoms with Gasteiger partial charge < -0.3 is 9.84 Å². The number of ether oxygens (including phenoxy) is 1. The van der Waals surface area contributed by atoms with Crippen molar-refractivity contribution in [2.75, 3.05) is 11.6 Å². The molecule has 0 aromatic heterocycles. The Labute approximate surface area is 187 Å². The van der Waals surface area contributed by atoms with Gasteiger partial charge in [-0.2, -0.15) is 23.5 Å². The summed E-state index contributed by atoms with van der Waals surface area (Å²) in [4.78, 5) is 11.3. The molecule has 5 rings (SSSR count). The molecule has 2 atom stereocenters. The summed E-state index contributed by atoms with van der Waals surface area (Å²) in [5, 5.41) is 24.9. The average Bonchev–Trinajstić information content (AvgIpc) is 3.45. The van der Waals surface area contributed by atoms with Crippen LogP contribution >= 0.6 is 0 Å². The molecule has 0 spiro atoms. The zero-order valence-corrected chi connectivity index (χ0v) is 17.5. The number of anilines is 1. The van der Waals surface area contributed by atoms with Gasteiger partial charge in [0.05, 0.1) is 52.7 Å². The third-order valence-corrected chi connectivity index (χ3v) is 6.76. The third-order valence-electron chi connectivity index (χ3n) is 6.76. The van der Waals surface area contributed by atoms with Crippen LogP contribution in [0.3, 0.4) is 0 Å². The van der Waals surface area contributed by atoms with E-state index in [4.69, 9.17) is 15.1 Å². The summed E-state index contributed by atoms with van der Waals surface area (Å²) in [5.41, 5.74) is 0.323. The van der Waals surface area contributed by atoms with Gasteiger partial charge in [-0.1, -0.05) is 12.8 Å². The van der Waals surface area contributed by atoms with E-state index in [-0.39, 0.29) is 35.7 Å². The largest absolute Gasteiger partial charge is 0.492 e. The van der Waals surface area contributed by atoms with Gasteiger partial charge in [-0.25, -0.2) is 4.79 Å². The molecule has 1 aliphatic carbocycles. The number of carboxylic acid groups (broad SMARTS) is 1. The topological polar surface area (TPSA) is 85.9 Å². The Balaban J connectivity index is 1.61. The van der Waals surface area contributed by atoms with Gasteiger partial charge >= 0.3 is 12.1 Å². The zero-order chi connectivity index (χ0) is 23.3. The summed E-state index contributed by atoms with van der Waals surface area (Å²) >= 11 is 0. The molecule has 0 amide bonds. The van der Waals surface area contributed by atoms with E-state index in [0.29, 0.717) is 17.0 Å². The number of rotatable bonds is 3. The predicted octanol–water partition coefficient (Wildman–Crippen LogP) is 5.07. The summed E-state index contributed by atoms with van der Waals surface area (Å²) in [6.45, 7) is 0.273. The minimum absolute atomic E-state index is 0.0944. The van der Waals surface area contributed by atoms with Crippen LogP contribution in [-0.2, 0) is 6.18 Å². The third kappa shape index (κ3) is 3.59. The lowest BCUT2D eigenvalue weighted by atomic mass is 9.81. The minimum atomic E-state index is -4.66. The van der Waals surface area contributed by atoms with Gasteiger partial charge in [0.2, 0.25) is 0 Å². The molecule has 2 aromatic carbocycles. The zero-order valence-electron chi connectivity index (χ0n) is 17.5. The van der Waals surface area contributed by atoms with Crippen LogP contribution in [0.4, 0.5) is 18.9 Å². The number of benzene rings is 2. The summed E-state index contributed by atoms with van der Waals surface area (Å²) < 4.78 is 46.8. The number of aromatic carboxylic acids is 1. The van der Waals surface area contributed by atoms with Crippen molar-refractivity contribution in [1.82, 2.24) is 0 Å². The Hall–Kier alpha value is -3.54. The van der Waals surface area contributed by atoms with Crippen molar-refractivity contribution in [2.24, 2.45) is 16.9 Å². The van der Waals surface area contributed by atoms with Crippen LogP contribution in [0.5, 0.6) is 5.75 Å². The normalized spacial score (nSPS) is 22.2. The lowest BCUT2D eigenvalue weighted by molar-refractivity contribution is -0.137. The van der Waals surface area contributed by atoms with E-state index >= 15 is 0 Å². The van der Waals surface area contributed by atoms with Crippen LogP contribution in [0.2, 0.25) is 0 Å². The molecule has 1 N–H and O–H groups in total. The SMILES string of the molecule is N#Cc1ccc(N2N=C3c4ccc(C(=O)O)cc4OCC3C2C2CCCC2)cc1C(F)(F)F. The first kappa shape index (κ1) is 21.3. The van der Waals surface area contributed by atoms with Gasteiger partial charge in [0.15, 0.2) is 0 Å². The van der Waals surface area contributed by atoms with Gasteiger partial charge in [-0.15, -0.1) is 0 Å². The highest BCUT2D eigenvalue weighted by molar-refractivity contribution is 6.08. The lowest BCUT2D eigenvalue weighted by Crippen LogP contribution is -2.43. The van der Waals surface area contributed by atoms with Crippen LogP contribution in [0.25, 0.3) is 0 Å². The fourth-order valence-corrected chi connectivity index (χ4v) is 5.25. The lowest BCUT2D eigenvalue weighted by Gasteiger charge is -2.34. The van der Waals surface area contributed by atoms with Gasteiger partial charge in [0.1, 0.15) is 5.75 Å². The van der Waals surface area contributed by atoms with E-state index in [0.717, 1.165) is 31.7 Å². The molecular formula is C24H20F3N3O3. The smallest absolute Gasteiger partial charge is 0.417 e. The summed E-state index contributed by atoms with van der Waals surface area (Å²) in [6.07, 6.45) is -0.650. The molecule has 3 aliphatic rings. The van der Waals surface area contributed by atoms with E-state index in [9.17, 15) is 23.1 Å². The van der Waals surface area contributed by atoms with Gasteiger partial charge in [-0.3, -0.25) is 5.01 Å². The van der Waals surface area contributed by atoms with Crippen molar-refractivity contribution in [1.29, 1.82) is 5.26 Å². The highest BCUT2D eigenvalue weighted by Crippen LogP contribution is 2.45. The molecule has 170 valence electrons. The Morgan fingerprint density at radius 2 is 1.94 bits per heavy atom. The van der Waals surface area contributed by atoms with Crippen molar-refractivity contribution in [3.05, 3.63) is 58.7 Å². The average molecular weight is 455 g/mol. The summed E-state index contributed by atoms with van der Waals surface area (Å²) in [7, 11) is 0. The molecule has 2 heterocycles. The van der Waals surface area contributed by atoms with E-state index in [1.165, 1.54) is 24.3 Å². The number of fused-ring (bicyclic) bond motifs is 3. The molecule has 2 unspecified atom stereocenters. The number of nitriles is 1. The van der Waals surface area contributed by atoms with E-state index < -0.39 is 23.3 Å². The van der Waals surface area contributed by atoms with Crippen LogP contribution in [0, 0.1) is 23.2 Å². The van der Waals surface area contributed by atoms with Gasteiger partial charge in [-0.05, 0) is 55.2 Å². The quantitative estimate of drug-likeness (QED) is 0.699. The molecule has 2 aromatic rings. The Kier molecular flexibility index (Phi) is 5.04. The second-order valence-electron chi connectivity index (χ2n) is 8.64. The Morgan fingerprint density at radius 1 is 1.18 bits per heavy atom. The molecule has 2 aliphatic heterocycles. The fourth-order valence-electron chi connectivity index (χ4n) is 5.25. The standard InChI is InChI=1S/C24H20F3N3O3/c25-24(26,27)19-10-16(7-5-15(19)11-28)30-22(13-3-1-2-4-13)18-12-33-20-9-14(23(31)32)6-8-17(20)21(18)29-30/h5-10,13,18,22H,1-4,12H2,(H,31,32). The maximum Gasteiger partial charge on any atom is 0.417 e. The predicted molar refractivity (Wildman–Crippen MR) is 113 cm³/mol. The molecule has 1 saturated carbocycles. The maximum absolute atomic E-state index is 13.6. The molecule has 6 nitrogen and oxygen atoms in total. The van der Waals surface area contributed by atoms with Crippen LogP contribution in [0.1, 0.15) is 52.7 Å². The van der Waals surface area contributed by atoms with E-state index in [1.54, 1.807) is 17.1 Å². The maximum atomic E-state index is 13.6. The van der Waals surface area contributed by atoms with Crippen molar-refractivity contribution in [3.8, 4) is 11.8 Å². The molecule has 0 bridgehead atoms. The first-order valence-corrected chi connectivity index (χ1v) is 10.8. The second kappa shape index (κ2) is 7.80. The number of hydrogen-bond acceptors (Lipinski definition) is 5. The van der Waals surface area contributed by atoms with Crippen LogP contribution < -0.4 is 9.75 Å². The van der Waals surface area contributed by atoms with Gasteiger partial charge in [0, 0.05) is 5.56 Å². The minimum Gasteiger partial charge on any atom is -0.492 e. The van der Waals surface area contributed by atoms with Crippen molar-refractivity contribution >= 4 is 17.4 Å². The molecular weight excluding hydrogens is 435 g/mol.